The highest BCUT2D eigenvalue weighted by atomic mass is 79.9. The fourth-order valence-corrected chi connectivity index (χ4v) is 2.83. The molecular formula is C11H15BrFNO2S. The molecule has 0 spiro atoms. The van der Waals surface area contributed by atoms with Crippen molar-refractivity contribution in [1.29, 1.82) is 0 Å². The summed E-state index contributed by atoms with van der Waals surface area (Å²) in [7, 11) is -3.05. The lowest BCUT2D eigenvalue weighted by molar-refractivity contribution is 0.592. The summed E-state index contributed by atoms with van der Waals surface area (Å²) in [5.74, 6) is -0.305. The van der Waals surface area contributed by atoms with Crippen LogP contribution in [0.25, 0.3) is 0 Å². The van der Waals surface area contributed by atoms with Crippen LogP contribution >= 0.6 is 15.9 Å². The second kappa shape index (κ2) is 5.82. The minimum absolute atomic E-state index is 0.000988. The molecule has 0 heterocycles. The Morgan fingerprint density at radius 2 is 2.12 bits per heavy atom. The Morgan fingerprint density at radius 3 is 2.65 bits per heavy atom. The molecule has 1 unspecified atom stereocenters. The molecule has 0 radical (unpaired) electrons. The molecule has 1 aromatic carbocycles. The maximum absolute atomic E-state index is 13.5. The van der Waals surface area contributed by atoms with Gasteiger partial charge in [-0.25, -0.2) is 12.8 Å². The molecule has 3 nitrogen and oxygen atoms in total. The zero-order chi connectivity index (χ0) is 13.1. The van der Waals surface area contributed by atoms with E-state index in [0.717, 1.165) is 0 Å². The van der Waals surface area contributed by atoms with E-state index in [9.17, 15) is 12.8 Å². The lowest BCUT2D eigenvalue weighted by Gasteiger charge is -2.15. The average molecular weight is 324 g/mol. The molecule has 0 fully saturated rings. The summed E-state index contributed by atoms with van der Waals surface area (Å²) in [6.07, 6.45) is 0. The summed E-state index contributed by atoms with van der Waals surface area (Å²) in [6, 6.07) is 4.29. The minimum Gasteiger partial charge on any atom is -0.379 e. The molecule has 6 heteroatoms. The number of rotatable bonds is 5. The molecule has 0 amide bonds. The Kier molecular flexibility index (Phi) is 4.94. The summed E-state index contributed by atoms with van der Waals surface area (Å²) in [5, 5.41) is 2.85. The van der Waals surface area contributed by atoms with Crippen LogP contribution in [-0.4, -0.2) is 26.0 Å². The number of sulfone groups is 1. The van der Waals surface area contributed by atoms with Gasteiger partial charge in [-0.2, -0.15) is 0 Å². The molecular weight excluding hydrogens is 309 g/mol. The fraction of sp³-hybridized carbons (Fsp3) is 0.455. The zero-order valence-electron chi connectivity index (χ0n) is 9.70. The van der Waals surface area contributed by atoms with E-state index in [1.54, 1.807) is 26.0 Å². The normalized spacial score (nSPS) is 13.4. The lowest BCUT2D eigenvalue weighted by Crippen LogP contribution is -2.27. The number of anilines is 1. The third-order valence-electron chi connectivity index (χ3n) is 2.28. The van der Waals surface area contributed by atoms with Gasteiger partial charge in [0.05, 0.1) is 11.4 Å². The number of hydrogen-bond donors (Lipinski definition) is 1. The topological polar surface area (TPSA) is 46.2 Å². The van der Waals surface area contributed by atoms with Crippen molar-refractivity contribution in [3.8, 4) is 0 Å². The number of nitrogens with one attached hydrogen (secondary N) is 1. The van der Waals surface area contributed by atoms with Crippen LogP contribution in [0.5, 0.6) is 0 Å². The van der Waals surface area contributed by atoms with E-state index in [4.69, 9.17) is 0 Å². The Balaban J connectivity index is 2.72. The van der Waals surface area contributed by atoms with E-state index in [2.05, 4.69) is 21.2 Å². The van der Waals surface area contributed by atoms with Crippen molar-refractivity contribution < 1.29 is 12.8 Å². The molecule has 96 valence electrons. The van der Waals surface area contributed by atoms with Crippen LogP contribution in [-0.2, 0) is 9.84 Å². The predicted octanol–water partition coefficient (Wildman–Crippen LogP) is 2.82. The molecule has 1 N–H and O–H groups in total. The summed E-state index contributed by atoms with van der Waals surface area (Å²) >= 11 is 3.16. The van der Waals surface area contributed by atoms with Crippen LogP contribution in [0.2, 0.25) is 0 Å². The molecule has 1 aromatic rings. The third-order valence-corrected chi connectivity index (χ3v) is 4.66. The SMILES string of the molecule is CCS(=O)(=O)CC(C)Nc1ccc(Br)cc1F. The van der Waals surface area contributed by atoms with Gasteiger partial charge in [-0.3, -0.25) is 0 Å². The van der Waals surface area contributed by atoms with Gasteiger partial charge < -0.3 is 5.32 Å². The highest BCUT2D eigenvalue weighted by molar-refractivity contribution is 9.10. The van der Waals surface area contributed by atoms with Crippen molar-refractivity contribution in [2.24, 2.45) is 0 Å². The standard InChI is InChI=1S/C11H15BrFNO2S/c1-3-17(15,16)7-8(2)14-11-5-4-9(12)6-10(11)13/h4-6,8,14H,3,7H2,1-2H3. The first-order chi connectivity index (χ1) is 7.84. The number of hydrogen-bond acceptors (Lipinski definition) is 3. The summed E-state index contributed by atoms with van der Waals surface area (Å²) in [6.45, 7) is 3.32. The maximum atomic E-state index is 13.5. The molecule has 0 saturated carbocycles. The molecule has 0 aromatic heterocycles. The van der Waals surface area contributed by atoms with Crippen LogP contribution in [0.1, 0.15) is 13.8 Å². The van der Waals surface area contributed by atoms with Gasteiger partial charge in [0.15, 0.2) is 9.84 Å². The van der Waals surface area contributed by atoms with Gasteiger partial charge in [-0.05, 0) is 25.1 Å². The molecule has 0 aliphatic heterocycles. The highest BCUT2D eigenvalue weighted by Gasteiger charge is 2.14. The van der Waals surface area contributed by atoms with Crippen molar-refractivity contribution in [1.82, 2.24) is 0 Å². The average Bonchev–Trinajstić information content (AvgIpc) is 2.21. The third kappa shape index (κ3) is 4.63. The summed E-state index contributed by atoms with van der Waals surface area (Å²) in [5.41, 5.74) is 0.312. The monoisotopic (exact) mass is 323 g/mol. The molecule has 0 saturated heterocycles. The smallest absolute Gasteiger partial charge is 0.152 e. The molecule has 0 bridgehead atoms. The molecule has 1 atom stereocenters. The van der Waals surface area contributed by atoms with E-state index < -0.39 is 15.7 Å². The second-order valence-electron chi connectivity index (χ2n) is 3.87. The summed E-state index contributed by atoms with van der Waals surface area (Å²) in [4.78, 5) is 0. The largest absolute Gasteiger partial charge is 0.379 e. The van der Waals surface area contributed by atoms with Gasteiger partial charge >= 0.3 is 0 Å². The second-order valence-corrected chi connectivity index (χ2v) is 7.18. The Bertz CT molecular complexity index is 490. The van der Waals surface area contributed by atoms with Gasteiger partial charge in [0.2, 0.25) is 0 Å². The van der Waals surface area contributed by atoms with E-state index in [-0.39, 0.29) is 17.5 Å². The number of halogens is 2. The van der Waals surface area contributed by atoms with E-state index in [1.165, 1.54) is 6.07 Å². The predicted molar refractivity (Wildman–Crippen MR) is 71.5 cm³/mol. The lowest BCUT2D eigenvalue weighted by atomic mass is 10.3. The van der Waals surface area contributed by atoms with Crippen LogP contribution in [0, 0.1) is 5.82 Å². The molecule has 0 aliphatic carbocycles. The van der Waals surface area contributed by atoms with Crippen molar-refractivity contribution >= 4 is 31.5 Å². The van der Waals surface area contributed by atoms with Gasteiger partial charge in [-0.15, -0.1) is 0 Å². The van der Waals surface area contributed by atoms with Crippen LogP contribution in [0.4, 0.5) is 10.1 Å². The van der Waals surface area contributed by atoms with Crippen LogP contribution < -0.4 is 5.32 Å². The van der Waals surface area contributed by atoms with Crippen molar-refractivity contribution in [2.45, 2.75) is 19.9 Å². The zero-order valence-corrected chi connectivity index (χ0v) is 12.1. The molecule has 0 aliphatic rings. The number of benzene rings is 1. The Labute approximate surface area is 109 Å². The van der Waals surface area contributed by atoms with Gasteiger partial charge in [0.1, 0.15) is 5.82 Å². The quantitative estimate of drug-likeness (QED) is 0.906. The first kappa shape index (κ1) is 14.4. The van der Waals surface area contributed by atoms with Crippen LogP contribution in [0.15, 0.2) is 22.7 Å². The molecule has 17 heavy (non-hydrogen) atoms. The van der Waals surface area contributed by atoms with Crippen molar-refractivity contribution in [3.05, 3.63) is 28.5 Å². The van der Waals surface area contributed by atoms with E-state index >= 15 is 0 Å². The highest BCUT2D eigenvalue weighted by Crippen LogP contribution is 2.20. The van der Waals surface area contributed by atoms with Crippen LogP contribution in [0.3, 0.4) is 0 Å². The van der Waals surface area contributed by atoms with Crippen molar-refractivity contribution in [3.63, 3.8) is 0 Å². The van der Waals surface area contributed by atoms with Crippen molar-refractivity contribution in [2.75, 3.05) is 16.8 Å². The van der Waals surface area contributed by atoms with Gasteiger partial charge in [-0.1, -0.05) is 22.9 Å². The summed E-state index contributed by atoms with van der Waals surface area (Å²) < 4.78 is 36.9. The fourth-order valence-electron chi connectivity index (χ4n) is 1.41. The maximum Gasteiger partial charge on any atom is 0.152 e. The first-order valence-corrected chi connectivity index (χ1v) is 7.87. The van der Waals surface area contributed by atoms with E-state index in [0.29, 0.717) is 10.2 Å². The van der Waals surface area contributed by atoms with E-state index in [1.807, 2.05) is 0 Å². The molecule has 1 rings (SSSR count). The first-order valence-electron chi connectivity index (χ1n) is 5.26. The Hall–Kier alpha value is -0.620. The Morgan fingerprint density at radius 1 is 1.47 bits per heavy atom. The minimum atomic E-state index is -3.05. The van der Waals surface area contributed by atoms with Gasteiger partial charge in [0.25, 0.3) is 0 Å². The van der Waals surface area contributed by atoms with Gasteiger partial charge in [0, 0.05) is 16.3 Å².